The van der Waals surface area contributed by atoms with E-state index in [0.717, 1.165) is 11.3 Å². The van der Waals surface area contributed by atoms with Crippen molar-refractivity contribution in [2.24, 2.45) is 0 Å². The highest BCUT2D eigenvalue weighted by Crippen LogP contribution is 2.29. The van der Waals surface area contributed by atoms with Crippen molar-refractivity contribution in [3.05, 3.63) is 77.5 Å². The van der Waals surface area contributed by atoms with E-state index in [1.807, 2.05) is 12.1 Å². The molecule has 0 aliphatic carbocycles. The van der Waals surface area contributed by atoms with E-state index in [1.54, 1.807) is 62.9 Å². The van der Waals surface area contributed by atoms with Gasteiger partial charge in [0.1, 0.15) is 11.6 Å². The van der Waals surface area contributed by atoms with Crippen LogP contribution in [0.1, 0.15) is 21.5 Å². The van der Waals surface area contributed by atoms with Gasteiger partial charge in [0, 0.05) is 34.6 Å². The van der Waals surface area contributed by atoms with Crippen molar-refractivity contribution in [1.29, 1.82) is 0 Å². The van der Waals surface area contributed by atoms with Gasteiger partial charge in [0.2, 0.25) is 0 Å². The maximum atomic E-state index is 12.6. The van der Waals surface area contributed by atoms with Crippen LogP contribution < -0.4 is 19.5 Å². The number of allylic oxidation sites excluding steroid dienone is 1. The molecular formula is C24H24N2O5. The maximum Gasteiger partial charge on any atom is 0.185 e. The zero-order valence-electron chi connectivity index (χ0n) is 17.6. The number of carbonyl (C=O) groups excluding carboxylic acids is 1. The van der Waals surface area contributed by atoms with Crippen LogP contribution >= 0.6 is 0 Å². The molecule has 0 saturated heterocycles. The molecule has 0 aliphatic rings. The van der Waals surface area contributed by atoms with Crippen LogP contribution in [-0.4, -0.2) is 37.2 Å². The number of anilines is 2. The lowest BCUT2D eigenvalue weighted by Crippen LogP contribution is -1.99. The first-order valence-electron chi connectivity index (χ1n) is 9.53. The first-order valence-corrected chi connectivity index (χ1v) is 9.53. The molecule has 3 rings (SSSR count). The Morgan fingerprint density at radius 1 is 1.00 bits per heavy atom. The van der Waals surface area contributed by atoms with E-state index in [4.69, 9.17) is 14.2 Å². The Morgan fingerprint density at radius 3 is 2.48 bits per heavy atom. The van der Waals surface area contributed by atoms with Crippen molar-refractivity contribution in [1.82, 2.24) is 4.98 Å². The second kappa shape index (κ2) is 10.3. The number of aromatic nitrogens is 1. The average molecular weight is 420 g/mol. The number of aliphatic hydroxyl groups is 1. The van der Waals surface area contributed by atoms with E-state index in [1.165, 1.54) is 13.2 Å². The molecule has 0 radical (unpaired) electrons. The zero-order chi connectivity index (χ0) is 22.2. The number of nitrogens with one attached hydrogen (secondary N) is 1. The molecule has 1 heterocycles. The minimum Gasteiger partial charge on any atom is -0.496 e. The molecular weight excluding hydrogens is 396 g/mol. The van der Waals surface area contributed by atoms with Crippen LogP contribution in [0.15, 0.2) is 60.8 Å². The molecule has 7 nitrogen and oxygen atoms in total. The Kier molecular flexibility index (Phi) is 7.24. The van der Waals surface area contributed by atoms with Gasteiger partial charge in [-0.15, -0.1) is 0 Å². The normalized spacial score (nSPS) is 10.7. The Labute approximate surface area is 180 Å². The molecule has 0 atom stereocenters. The van der Waals surface area contributed by atoms with Crippen LogP contribution in [0.4, 0.5) is 11.5 Å². The summed E-state index contributed by atoms with van der Waals surface area (Å²) in [5.74, 6) is 2.03. The molecule has 7 heteroatoms. The summed E-state index contributed by atoms with van der Waals surface area (Å²) in [5, 5.41) is 12.6. The number of benzene rings is 2. The Bertz CT molecular complexity index is 1100. The third-order valence-electron chi connectivity index (χ3n) is 4.64. The van der Waals surface area contributed by atoms with Crippen LogP contribution in [0.25, 0.3) is 6.08 Å². The lowest BCUT2D eigenvalue weighted by atomic mass is 10.1. The molecule has 0 fully saturated rings. The van der Waals surface area contributed by atoms with Crippen LogP contribution in [0.5, 0.6) is 17.2 Å². The van der Waals surface area contributed by atoms with E-state index in [-0.39, 0.29) is 12.4 Å². The van der Waals surface area contributed by atoms with Crippen molar-refractivity contribution in [2.45, 2.75) is 6.61 Å². The van der Waals surface area contributed by atoms with E-state index in [9.17, 15) is 9.90 Å². The van der Waals surface area contributed by atoms with Crippen molar-refractivity contribution < 1.29 is 24.1 Å². The number of rotatable bonds is 9. The molecule has 0 unspecified atom stereocenters. The number of hydrogen-bond donors (Lipinski definition) is 2. The fourth-order valence-electron chi connectivity index (χ4n) is 3.00. The monoisotopic (exact) mass is 420 g/mol. The molecule has 1 aromatic heterocycles. The molecule has 2 N–H and O–H groups in total. The van der Waals surface area contributed by atoms with Crippen LogP contribution in [0.2, 0.25) is 0 Å². The number of nitrogens with zero attached hydrogens (tertiary/aromatic N) is 1. The van der Waals surface area contributed by atoms with Crippen molar-refractivity contribution in [3.63, 3.8) is 0 Å². The van der Waals surface area contributed by atoms with Gasteiger partial charge < -0.3 is 24.6 Å². The Morgan fingerprint density at radius 2 is 1.77 bits per heavy atom. The number of aliphatic hydroxyl groups excluding tert-OH is 1. The van der Waals surface area contributed by atoms with E-state index in [2.05, 4.69) is 10.3 Å². The third-order valence-corrected chi connectivity index (χ3v) is 4.64. The van der Waals surface area contributed by atoms with Gasteiger partial charge in [-0.05, 0) is 48.6 Å². The molecule has 0 saturated carbocycles. The maximum absolute atomic E-state index is 12.6. The predicted octanol–water partition coefficient (Wildman–Crippen LogP) is 4.24. The number of methoxy groups -OCH3 is 3. The van der Waals surface area contributed by atoms with Crippen LogP contribution in [-0.2, 0) is 6.61 Å². The van der Waals surface area contributed by atoms with Gasteiger partial charge in [-0.25, -0.2) is 4.98 Å². The van der Waals surface area contributed by atoms with Gasteiger partial charge in [0.05, 0.1) is 27.9 Å². The second-order valence-corrected chi connectivity index (χ2v) is 6.52. The summed E-state index contributed by atoms with van der Waals surface area (Å²) in [7, 11) is 4.62. The fourth-order valence-corrected chi connectivity index (χ4v) is 3.00. The number of carbonyl (C=O) groups is 1. The molecule has 0 aliphatic heterocycles. The summed E-state index contributed by atoms with van der Waals surface area (Å²) >= 11 is 0. The lowest BCUT2D eigenvalue weighted by Gasteiger charge is -2.12. The summed E-state index contributed by atoms with van der Waals surface area (Å²) in [6.07, 6.45) is 4.85. The average Bonchev–Trinajstić information content (AvgIpc) is 2.82. The largest absolute Gasteiger partial charge is 0.496 e. The van der Waals surface area contributed by atoms with Gasteiger partial charge >= 0.3 is 0 Å². The summed E-state index contributed by atoms with van der Waals surface area (Å²) in [4.78, 5) is 17.0. The lowest BCUT2D eigenvalue weighted by molar-refractivity contribution is 0.104. The molecule has 31 heavy (non-hydrogen) atoms. The van der Waals surface area contributed by atoms with Gasteiger partial charge in [0.25, 0.3) is 0 Å². The molecule has 0 amide bonds. The first kappa shape index (κ1) is 21.9. The third kappa shape index (κ3) is 5.21. The highest BCUT2D eigenvalue weighted by molar-refractivity contribution is 6.07. The fraction of sp³-hybridized carbons (Fsp3) is 0.167. The summed E-state index contributed by atoms with van der Waals surface area (Å²) in [6.45, 7) is -0.112. The SMILES string of the molecule is COc1cc(Nc2ncccc2/C=C/C(=O)c2ccc(OC)c(OC)c2)ccc1CO. The molecule has 160 valence electrons. The van der Waals surface area contributed by atoms with Gasteiger partial charge in [0.15, 0.2) is 17.3 Å². The number of hydrogen-bond acceptors (Lipinski definition) is 7. The Balaban J connectivity index is 1.82. The van der Waals surface area contributed by atoms with Crippen molar-refractivity contribution in [2.75, 3.05) is 26.6 Å². The van der Waals surface area contributed by atoms with E-state index < -0.39 is 0 Å². The van der Waals surface area contributed by atoms with Crippen LogP contribution in [0, 0.1) is 0 Å². The zero-order valence-corrected chi connectivity index (χ0v) is 17.6. The van der Waals surface area contributed by atoms with Gasteiger partial charge in [-0.3, -0.25) is 4.79 Å². The minimum atomic E-state index is -0.176. The smallest absolute Gasteiger partial charge is 0.185 e. The van der Waals surface area contributed by atoms with Gasteiger partial charge in [-0.1, -0.05) is 6.07 Å². The standard InChI is InChI=1S/C24H24N2O5/c1-29-21-11-8-17(13-23(21)31-3)20(28)10-7-16-5-4-12-25-24(16)26-19-9-6-18(15-27)22(14-19)30-2/h4-14,27H,15H2,1-3H3,(H,25,26)/b10-7+. The molecule has 0 bridgehead atoms. The van der Waals surface area contributed by atoms with Crippen molar-refractivity contribution >= 4 is 23.4 Å². The predicted molar refractivity (Wildman–Crippen MR) is 119 cm³/mol. The molecule has 3 aromatic rings. The second-order valence-electron chi connectivity index (χ2n) is 6.52. The highest BCUT2D eigenvalue weighted by Gasteiger charge is 2.10. The number of pyridine rings is 1. The first-order chi connectivity index (χ1) is 15.1. The van der Waals surface area contributed by atoms with Crippen LogP contribution in [0.3, 0.4) is 0 Å². The molecule has 2 aromatic carbocycles. The highest BCUT2D eigenvalue weighted by atomic mass is 16.5. The summed E-state index contributed by atoms with van der Waals surface area (Å²) < 4.78 is 15.8. The topological polar surface area (TPSA) is 89.9 Å². The van der Waals surface area contributed by atoms with Crippen molar-refractivity contribution in [3.8, 4) is 17.2 Å². The number of ketones is 1. The van der Waals surface area contributed by atoms with E-state index >= 15 is 0 Å². The quantitative estimate of drug-likeness (QED) is 0.395. The summed E-state index contributed by atoms with van der Waals surface area (Å²) in [6, 6.07) is 14.1. The summed E-state index contributed by atoms with van der Waals surface area (Å²) in [5.41, 5.74) is 2.65. The Hall–Kier alpha value is -3.84. The number of ether oxygens (including phenoxy) is 3. The minimum absolute atomic E-state index is 0.112. The molecule has 0 spiro atoms. The van der Waals surface area contributed by atoms with Gasteiger partial charge in [-0.2, -0.15) is 0 Å². The van der Waals surface area contributed by atoms with E-state index in [0.29, 0.717) is 34.2 Å².